The minimum Gasteiger partial charge on any atom is -0.339 e. The van der Waals surface area contributed by atoms with Crippen molar-refractivity contribution in [2.45, 2.75) is 25.3 Å². The van der Waals surface area contributed by atoms with E-state index in [-0.39, 0.29) is 17.7 Å². The number of rotatable bonds is 4. The van der Waals surface area contributed by atoms with Crippen LogP contribution in [0.5, 0.6) is 0 Å². The third kappa shape index (κ3) is 3.41. The molecule has 2 saturated heterocycles. The number of amides is 3. The highest BCUT2D eigenvalue weighted by atomic mass is 16.2. The highest BCUT2D eigenvalue weighted by molar-refractivity contribution is 6.25. The quantitative estimate of drug-likeness (QED) is 0.596. The number of likely N-dealkylation sites (tertiary alicyclic amines) is 1. The van der Waals surface area contributed by atoms with Crippen LogP contribution in [-0.2, 0) is 4.79 Å². The standard InChI is InChI=1S/C28H28N4O3/c1-19-5-2-8-21(17-19)32-18-29-27(35)28(32)11-13-30(14-12-28)15-16-31-25(33)22-9-3-6-20-7-4-10-23(24(20)22)26(31)34/h2-10,17H,11-16,18H2,1H3,(H,29,35). The van der Waals surface area contributed by atoms with Crippen molar-refractivity contribution in [2.24, 2.45) is 0 Å². The van der Waals surface area contributed by atoms with Gasteiger partial charge in [-0.25, -0.2) is 0 Å². The van der Waals surface area contributed by atoms with Crippen LogP contribution in [0.1, 0.15) is 39.1 Å². The largest absolute Gasteiger partial charge is 0.339 e. The molecule has 7 nitrogen and oxygen atoms in total. The zero-order valence-corrected chi connectivity index (χ0v) is 19.8. The van der Waals surface area contributed by atoms with E-state index in [4.69, 9.17) is 0 Å². The second-order valence-electron chi connectivity index (χ2n) is 9.78. The number of hydrogen-bond acceptors (Lipinski definition) is 5. The molecule has 0 aromatic heterocycles. The fourth-order valence-electron chi connectivity index (χ4n) is 5.89. The first-order valence-corrected chi connectivity index (χ1v) is 12.2. The lowest BCUT2D eigenvalue weighted by atomic mass is 9.85. The molecule has 178 valence electrons. The van der Waals surface area contributed by atoms with E-state index in [9.17, 15) is 14.4 Å². The maximum Gasteiger partial charge on any atom is 0.261 e. The van der Waals surface area contributed by atoms with Gasteiger partial charge in [-0.2, -0.15) is 0 Å². The number of benzene rings is 3. The van der Waals surface area contributed by atoms with Gasteiger partial charge in [0.1, 0.15) is 5.54 Å². The second kappa shape index (κ2) is 8.20. The maximum absolute atomic E-state index is 13.2. The Morgan fingerprint density at radius 1 is 0.857 bits per heavy atom. The zero-order valence-electron chi connectivity index (χ0n) is 19.8. The molecule has 1 N–H and O–H groups in total. The van der Waals surface area contributed by atoms with E-state index in [0.717, 1.165) is 29.5 Å². The van der Waals surface area contributed by atoms with E-state index in [0.29, 0.717) is 43.7 Å². The fourth-order valence-corrected chi connectivity index (χ4v) is 5.89. The third-order valence-electron chi connectivity index (χ3n) is 7.83. The third-order valence-corrected chi connectivity index (χ3v) is 7.83. The first-order chi connectivity index (χ1) is 17.0. The molecule has 0 aliphatic carbocycles. The fraction of sp³-hybridized carbons (Fsp3) is 0.321. The molecule has 1 spiro atoms. The molecule has 0 unspecified atom stereocenters. The topological polar surface area (TPSA) is 73.0 Å². The number of imide groups is 1. The van der Waals surface area contributed by atoms with Gasteiger partial charge in [0.05, 0.1) is 6.67 Å². The summed E-state index contributed by atoms with van der Waals surface area (Å²) in [7, 11) is 0. The lowest BCUT2D eigenvalue weighted by molar-refractivity contribution is -0.125. The van der Waals surface area contributed by atoms with E-state index in [1.165, 1.54) is 10.5 Å². The smallest absolute Gasteiger partial charge is 0.261 e. The zero-order chi connectivity index (χ0) is 24.2. The van der Waals surface area contributed by atoms with Gasteiger partial charge in [-0.15, -0.1) is 0 Å². The highest BCUT2D eigenvalue weighted by Gasteiger charge is 2.50. The molecule has 6 rings (SSSR count). The van der Waals surface area contributed by atoms with Gasteiger partial charge in [-0.1, -0.05) is 36.4 Å². The van der Waals surface area contributed by atoms with Crippen LogP contribution in [0.25, 0.3) is 10.8 Å². The number of nitrogens with zero attached hydrogens (tertiary/aromatic N) is 3. The molecule has 35 heavy (non-hydrogen) atoms. The molecule has 3 aromatic rings. The van der Waals surface area contributed by atoms with Crippen LogP contribution >= 0.6 is 0 Å². The summed E-state index contributed by atoms with van der Waals surface area (Å²) in [4.78, 5) is 45.2. The molecule has 3 aliphatic rings. The minimum atomic E-state index is -0.546. The first-order valence-electron chi connectivity index (χ1n) is 12.2. The van der Waals surface area contributed by atoms with E-state index in [2.05, 4.69) is 40.2 Å². The molecular formula is C28H28N4O3. The Hall–Kier alpha value is -3.71. The van der Waals surface area contributed by atoms with E-state index >= 15 is 0 Å². The predicted octanol–water partition coefficient (Wildman–Crippen LogP) is 3.17. The van der Waals surface area contributed by atoms with Gasteiger partial charge in [0, 0.05) is 48.4 Å². The number of piperidine rings is 1. The van der Waals surface area contributed by atoms with Crippen molar-refractivity contribution in [3.8, 4) is 0 Å². The summed E-state index contributed by atoms with van der Waals surface area (Å²) >= 11 is 0. The van der Waals surface area contributed by atoms with Gasteiger partial charge < -0.3 is 15.1 Å². The number of nitrogens with one attached hydrogen (secondary N) is 1. The molecular weight excluding hydrogens is 440 g/mol. The molecule has 0 bridgehead atoms. The molecule has 3 heterocycles. The number of aryl methyl sites for hydroxylation is 1. The number of hydrogen-bond donors (Lipinski definition) is 1. The van der Waals surface area contributed by atoms with Crippen LogP contribution in [0.4, 0.5) is 5.69 Å². The summed E-state index contributed by atoms with van der Waals surface area (Å²) in [6, 6.07) is 19.5. The Morgan fingerprint density at radius 3 is 2.17 bits per heavy atom. The highest BCUT2D eigenvalue weighted by Crippen LogP contribution is 2.36. The molecule has 3 aromatic carbocycles. The monoisotopic (exact) mass is 468 g/mol. The molecule has 2 fully saturated rings. The van der Waals surface area contributed by atoms with E-state index in [1.807, 2.05) is 30.3 Å². The summed E-state index contributed by atoms with van der Waals surface area (Å²) in [5.74, 6) is -0.369. The Morgan fingerprint density at radius 2 is 1.51 bits per heavy atom. The summed E-state index contributed by atoms with van der Waals surface area (Å²) < 4.78 is 0. The molecule has 0 radical (unpaired) electrons. The second-order valence-corrected chi connectivity index (χ2v) is 9.78. The Bertz CT molecular complexity index is 1310. The number of anilines is 1. The van der Waals surface area contributed by atoms with Gasteiger partial charge in [0.25, 0.3) is 11.8 Å². The normalized spacial score (nSPS) is 19.6. The van der Waals surface area contributed by atoms with Gasteiger partial charge >= 0.3 is 0 Å². The van der Waals surface area contributed by atoms with Crippen molar-refractivity contribution in [3.05, 3.63) is 77.4 Å². The van der Waals surface area contributed by atoms with Gasteiger partial charge in [0.2, 0.25) is 5.91 Å². The average Bonchev–Trinajstić information content (AvgIpc) is 3.18. The van der Waals surface area contributed by atoms with Gasteiger partial charge in [-0.05, 0) is 55.0 Å². The lowest BCUT2D eigenvalue weighted by Crippen LogP contribution is -2.57. The van der Waals surface area contributed by atoms with Crippen molar-refractivity contribution in [1.29, 1.82) is 0 Å². The molecule has 0 atom stereocenters. The summed E-state index contributed by atoms with van der Waals surface area (Å²) in [6.45, 7) is 4.98. The van der Waals surface area contributed by atoms with Crippen LogP contribution in [0.2, 0.25) is 0 Å². The molecule has 3 amide bonds. The molecule has 3 aliphatic heterocycles. The number of carbonyl (C=O) groups is 3. The summed E-state index contributed by atoms with van der Waals surface area (Å²) in [5.41, 5.74) is 2.87. The summed E-state index contributed by atoms with van der Waals surface area (Å²) in [6.07, 6.45) is 1.41. The van der Waals surface area contributed by atoms with Gasteiger partial charge in [-0.3, -0.25) is 19.3 Å². The van der Waals surface area contributed by atoms with Crippen molar-refractivity contribution in [3.63, 3.8) is 0 Å². The number of carbonyl (C=O) groups excluding carboxylic acids is 3. The van der Waals surface area contributed by atoms with E-state index < -0.39 is 5.54 Å². The Labute approximate surface area is 204 Å². The maximum atomic E-state index is 13.2. The van der Waals surface area contributed by atoms with E-state index in [1.54, 1.807) is 12.1 Å². The van der Waals surface area contributed by atoms with Crippen LogP contribution in [-0.4, -0.2) is 65.9 Å². The van der Waals surface area contributed by atoms with Crippen LogP contribution in [0.3, 0.4) is 0 Å². The van der Waals surface area contributed by atoms with Crippen LogP contribution in [0.15, 0.2) is 60.7 Å². The lowest BCUT2D eigenvalue weighted by Gasteiger charge is -2.43. The average molecular weight is 469 g/mol. The Balaban J connectivity index is 1.15. The predicted molar refractivity (Wildman–Crippen MR) is 134 cm³/mol. The SMILES string of the molecule is Cc1cccc(N2CNC(=O)C23CCN(CCN2C(=O)c4cccc5cccc(c45)C2=O)CC3)c1. The Kier molecular flexibility index (Phi) is 5.11. The molecule has 7 heteroatoms. The van der Waals surface area contributed by atoms with Crippen molar-refractivity contribution < 1.29 is 14.4 Å². The minimum absolute atomic E-state index is 0.0877. The van der Waals surface area contributed by atoms with Crippen molar-refractivity contribution in [1.82, 2.24) is 15.1 Å². The van der Waals surface area contributed by atoms with Crippen molar-refractivity contribution in [2.75, 3.05) is 37.7 Å². The first kappa shape index (κ1) is 21.8. The molecule has 0 saturated carbocycles. The van der Waals surface area contributed by atoms with Crippen LogP contribution < -0.4 is 10.2 Å². The van der Waals surface area contributed by atoms with Gasteiger partial charge in [0.15, 0.2) is 0 Å². The van der Waals surface area contributed by atoms with Crippen molar-refractivity contribution >= 4 is 34.2 Å². The summed E-state index contributed by atoms with van der Waals surface area (Å²) in [5, 5.41) is 4.72. The van der Waals surface area contributed by atoms with Crippen LogP contribution in [0, 0.1) is 6.92 Å².